The maximum Gasteiger partial charge on any atom is 0.258 e. The average Bonchev–Trinajstić information content (AvgIpc) is 3.56. The van der Waals surface area contributed by atoms with Crippen molar-refractivity contribution in [2.24, 2.45) is 5.41 Å². The molecule has 1 aliphatic carbocycles. The van der Waals surface area contributed by atoms with Crippen LogP contribution < -0.4 is 19.8 Å². The topological polar surface area (TPSA) is 128 Å². The van der Waals surface area contributed by atoms with Crippen molar-refractivity contribution in [3.63, 3.8) is 0 Å². The Morgan fingerprint density at radius 2 is 1.89 bits per heavy atom. The number of sulfonamides is 1. The molecule has 3 heterocycles. The van der Waals surface area contributed by atoms with Crippen LogP contribution in [-0.4, -0.2) is 74.1 Å². The molecule has 188 valence electrons. The maximum atomic E-state index is 13.3. The molecule has 3 N–H and O–H groups in total. The van der Waals surface area contributed by atoms with Crippen LogP contribution in [0, 0.1) is 5.41 Å². The molecule has 35 heavy (non-hydrogen) atoms. The number of carbonyl (C=O) groups is 1. The van der Waals surface area contributed by atoms with Gasteiger partial charge in [-0.15, -0.1) is 0 Å². The van der Waals surface area contributed by atoms with Gasteiger partial charge in [-0.3, -0.25) is 9.52 Å². The molecule has 2 aromatic rings. The molecule has 5 rings (SSSR count). The van der Waals surface area contributed by atoms with Gasteiger partial charge in [0.15, 0.2) is 0 Å². The van der Waals surface area contributed by atoms with Gasteiger partial charge in [0.25, 0.3) is 5.91 Å². The van der Waals surface area contributed by atoms with Crippen LogP contribution in [0.4, 0.5) is 27.5 Å². The molecule has 3 fully saturated rings. The van der Waals surface area contributed by atoms with Gasteiger partial charge in [-0.2, -0.15) is 4.98 Å². The number of nitrogens with zero attached hydrogens (tertiary/aromatic N) is 4. The second kappa shape index (κ2) is 9.23. The predicted molar refractivity (Wildman–Crippen MR) is 131 cm³/mol. The van der Waals surface area contributed by atoms with Crippen LogP contribution in [-0.2, 0) is 10.0 Å². The van der Waals surface area contributed by atoms with Crippen LogP contribution >= 0.6 is 0 Å². The van der Waals surface area contributed by atoms with Crippen LogP contribution in [0.25, 0.3) is 0 Å². The van der Waals surface area contributed by atoms with Crippen molar-refractivity contribution in [1.82, 2.24) is 9.97 Å². The van der Waals surface area contributed by atoms with Crippen molar-refractivity contribution in [2.45, 2.75) is 31.9 Å². The highest BCUT2D eigenvalue weighted by Crippen LogP contribution is 2.54. The number of aliphatic hydroxyl groups is 1. The normalized spacial score (nSPS) is 19.4. The van der Waals surface area contributed by atoms with E-state index in [1.54, 1.807) is 23.1 Å². The predicted octanol–water partition coefficient (Wildman–Crippen LogP) is 2.00. The molecule has 0 radical (unpaired) electrons. The van der Waals surface area contributed by atoms with Gasteiger partial charge in [-0.25, -0.2) is 17.8 Å². The number of carbonyl (C=O) groups excluding carboxylic acids is 1. The van der Waals surface area contributed by atoms with Gasteiger partial charge < -0.3 is 20.2 Å². The molecule has 2 saturated heterocycles. The van der Waals surface area contributed by atoms with Crippen LogP contribution in [0.2, 0.25) is 0 Å². The third-order valence-corrected chi connectivity index (χ3v) is 8.27. The second-order valence-corrected chi connectivity index (χ2v) is 11.4. The number of aliphatic hydroxyl groups excluding tert-OH is 1. The van der Waals surface area contributed by atoms with Crippen molar-refractivity contribution >= 4 is 39.1 Å². The van der Waals surface area contributed by atoms with E-state index in [0.29, 0.717) is 34.1 Å². The third kappa shape index (κ3) is 5.32. The Morgan fingerprint density at radius 1 is 1.14 bits per heavy atom. The van der Waals surface area contributed by atoms with Crippen molar-refractivity contribution in [2.75, 3.05) is 58.4 Å². The molecular formula is C23H29FN6O4S. The number of anilines is 4. The minimum Gasteiger partial charge on any atom is -0.395 e. The highest BCUT2D eigenvalue weighted by atomic mass is 32.2. The number of hydrogen-bond acceptors (Lipinski definition) is 8. The zero-order valence-corrected chi connectivity index (χ0v) is 20.1. The van der Waals surface area contributed by atoms with Gasteiger partial charge in [0, 0.05) is 19.3 Å². The molecule has 1 aromatic heterocycles. The number of piperidine rings is 1. The number of rotatable bonds is 8. The van der Waals surface area contributed by atoms with E-state index in [0.717, 1.165) is 25.9 Å². The van der Waals surface area contributed by atoms with Gasteiger partial charge in [0.2, 0.25) is 16.0 Å². The Bertz CT molecular complexity index is 1210. The van der Waals surface area contributed by atoms with Crippen molar-refractivity contribution in [3.8, 4) is 0 Å². The fourth-order valence-electron chi connectivity index (χ4n) is 4.64. The third-order valence-electron chi connectivity index (χ3n) is 7.00. The second-order valence-electron chi connectivity index (χ2n) is 9.56. The highest BCUT2D eigenvalue weighted by molar-refractivity contribution is 7.92. The zero-order valence-electron chi connectivity index (χ0n) is 19.3. The van der Waals surface area contributed by atoms with E-state index in [1.807, 2.05) is 0 Å². The standard InChI is InChI=1S/C23H29FN6O4S/c24-16-14-30(15-16)22-25-8-3-20(27-22)26-21(32)18-2-1-17(28-35(33,34)12-11-31)13-19(18)29-9-6-23(4-5-23)7-10-29/h1-3,8,13,16,28,31H,4-7,9-12,14-15H2,(H,25,26,27,32). The van der Waals surface area contributed by atoms with Crippen LogP contribution in [0.5, 0.6) is 0 Å². The van der Waals surface area contributed by atoms with E-state index in [4.69, 9.17) is 5.11 Å². The summed E-state index contributed by atoms with van der Waals surface area (Å²) < 4.78 is 40.0. The molecule has 1 amide bonds. The largest absolute Gasteiger partial charge is 0.395 e. The van der Waals surface area contributed by atoms with Gasteiger partial charge in [-0.1, -0.05) is 0 Å². The zero-order chi connectivity index (χ0) is 24.6. The number of nitrogens with one attached hydrogen (secondary N) is 2. The monoisotopic (exact) mass is 504 g/mol. The summed E-state index contributed by atoms with van der Waals surface area (Å²) in [7, 11) is -3.70. The van der Waals surface area contributed by atoms with Crippen molar-refractivity contribution in [3.05, 3.63) is 36.0 Å². The number of alkyl halides is 1. The first-order chi connectivity index (χ1) is 16.8. The van der Waals surface area contributed by atoms with E-state index in [-0.39, 0.29) is 19.0 Å². The van der Waals surface area contributed by atoms with Gasteiger partial charge in [-0.05, 0) is 55.4 Å². The van der Waals surface area contributed by atoms with Gasteiger partial charge in [0.05, 0.1) is 42.4 Å². The Kier molecular flexibility index (Phi) is 6.26. The van der Waals surface area contributed by atoms with Crippen LogP contribution in [0.15, 0.2) is 30.5 Å². The molecular weight excluding hydrogens is 475 g/mol. The van der Waals surface area contributed by atoms with E-state index < -0.39 is 28.6 Å². The molecule has 3 aliphatic rings. The van der Waals surface area contributed by atoms with E-state index in [1.165, 1.54) is 25.1 Å². The number of halogens is 1. The first-order valence-corrected chi connectivity index (χ1v) is 13.4. The lowest BCUT2D eigenvalue weighted by molar-refractivity contribution is 0.102. The summed E-state index contributed by atoms with van der Waals surface area (Å²) in [6, 6.07) is 6.37. The Hall–Kier alpha value is -2.99. The molecule has 10 nitrogen and oxygen atoms in total. The lowest BCUT2D eigenvalue weighted by Gasteiger charge is -2.35. The first kappa shape index (κ1) is 23.7. The number of amides is 1. The highest BCUT2D eigenvalue weighted by Gasteiger charge is 2.44. The van der Waals surface area contributed by atoms with Crippen LogP contribution in [0.3, 0.4) is 0 Å². The number of benzene rings is 1. The molecule has 0 bridgehead atoms. The quantitative estimate of drug-likeness (QED) is 0.498. The molecule has 1 spiro atoms. The Morgan fingerprint density at radius 3 is 2.54 bits per heavy atom. The molecule has 12 heteroatoms. The van der Waals surface area contributed by atoms with Crippen molar-refractivity contribution in [1.29, 1.82) is 0 Å². The summed E-state index contributed by atoms with van der Waals surface area (Å²) in [6.45, 7) is 1.53. The Labute approximate surface area is 203 Å². The summed E-state index contributed by atoms with van der Waals surface area (Å²) in [4.78, 5) is 25.6. The minimum absolute atomic E-state index is 0.228. The minimum atomic E-state index is -3.70. The van der Waals surface area contributed by atoms with Crippen molar-refractivity contribution < 1.29 is 22.7 Å². The molecule has 0 atom stereocenters. The molecule has 1 saturated carbocycles. The van der Waals surface area contributed by atoms with E-state index in [2.05, 4.69) is 24.9 Å². The lowest BCUT2D eigenvalue weighted by Crippen LogP contribution is -2.49. The molecule has 1 aromatic carbocycles. The first-order valence-electron chi connectivity index (χ1n) is 11.8. The number of aromatic nitrogens is 2. The van der Waals surface area contributed by atoms with E-state index in [9.17, 15) is 17.6 Å². The number of hydrogen-bond donors (Lipinski definition) is 3. The molecule has 0 unspecified atom stereocenters. The SMILES string of the molecule is O=C(Nc1ccnc(N2CC(F)C2)n1)c1ccc(NS(=O)(=O)CCO)cc1N1CCC2(CC1)CC2. The summed E-state index contributed by atoms with van der Waals surface area (Å²) in [5.41, 5.74) is 1.81. The van der Waals surface area contributed by atoms with E-state index >= 15 is 0 Å². The Balaban J connectivity index is 1.38. The summed E-state index contributed by atoms with van der Waals surface area (Å²) in [5, 5.41) is 11.8. The van der Waals surface area contributed by atoms with Gasteiger partial charge >= 0.3 is 0 Å². The molecule has 2 aliphatic heterocycles. The maximum absolute atomic E-state index is 13.3. The lowest BCUT2D eigenvalue weighted by atomic mass is 9.93. The smallest absolute Gasteiger partial charge is 0.258 e. The summed E-state index contributed by atoms with van der Waals surface area (Å²) in [6.07, 6.45) is 5.18. The fourth-order valence-corrected chi connectivity index (χ4v) is 5.47. The van der Waals surface area contributed by atoms with Crippen LogP contribution in [0.1, 0.15) is 36.0 Å². The average molecular weight is 505 g/mol. The summed E-state index contributed by atoms with van der Waals surface area (Å²) in [5.74, 6) is -0.131. The van der Waals surface area contributed by atoms with Gasteiger partial charge in [0.1, 0.15) is 12.0 Å². The summed E-state index contributed by atoms with van der Waals surface area (Å²) >= 11 is 0. The fraction of sp³-hybridized carbons (Fsp3) is 0.522.